The average molecular weight is 285 g/mol. The molecular weight excluding hydrogens is 268 g/mol. The average Bonchev–Trinajstić information content (AvgIpc) is 2.16. The summed E-state index contributed by atoms with van der Waals surface area (Å²) in [7, 11) is 0. The Balaban J connectivity index is 2.65. The van der Waals surface area contributed by atoms with Crippen molar-refractivity contribution in [1.82, 2.24) is 0 Å². The molecule has 0 radical (unpaired) electrons. The zero-order chi connectivity index (χ0) is 12.2. The van der Waals surface area contributed by atoms with Gasteiger partial charge in [-0.3, -0.25) is 4.79 Å². The molecule has 0 bridgehead atoms. The molecule has 1 rings (SSSR count). The summed E-state index contributed by atoms with van der Waals surface area (Å²) in [6.07, 6.45) is 1.77. The van der Waals surface area contributed by atoms with Crippen LogP contribution in [-0.4, -0.2) is 12.9 Å². The first kappa shape index (κ1) is 13.2. The van der Waals surface area contributed by atoms with Gasteiger partial charge in [-0.2, -0.15) is 0 Å². The third-order valence-corrected chi connectivity index (χ3v) is 2.71. The third kappa shape index (κ3) is 4.35. The second-order valence-corrected chi connectivity index (χ2v) is 5.87. The minimum atomic E-state index is 0.243. The Morgan fingerprint density at radius 2 is 2.06 bits per heavy atom. The van der Waals surface area contributed by atoms with Crippen molar-refractivity contribution >= 4 is 22.2 Å². The summed E-state index contributed by atoms with van der Waals surface area (Å²) in [6.45, 7) is 7.12. The van der Waals surface area contributed by atoms with Crippen LogP contribution in [0.15, 0.2) is 22.7 Å². The fourth-order valence-electron chi connectivity index (χ4n) is 1.20. The van der Waals surface area contributed by atoms with Crippen molar-refractivity contribution in [2.45, 2.75) is 27.2 Å². The Kier molecular flexibility index (Phi) is 4.54. The molecule has 0 amide bonds. The van der Waals surface area contributed by atoms with Gasteiger partial charge in [0.1, 0.15) is 5.75 Å². The van der Waals surface area contributed by atoms with Crippen molar-refractivity contribution in [3.8, 4) is 5.75 Å². The van der Waals surface area contributed by atoms with Crippen LogP contribution in [0.2, 0.25) is 0 Å². The predicted molar refractivity (Wildman–Crippen MR) is 69.1 cm³/mol. The van der Waals surface area contributed by atoms with E-state index in [0.717, 1.165) is 17.2 Å². The van der Waals surface area contributed by atoms with Crippen molar-refractivity contribution in [3.63, 3.8) is 0 Å². The molecule has 16 heavy (non-hydrogen) atoms. The van der Waals surface area contributed by atoms with E-state index >= 15 is 0 Å². The summed E-state index contributed by atoms with van der Waals surface area (Å²) >= 11 is 3.36. The summed E-state index contributed by atoms with van der Waals surface area (Å²) < 4.78 is 6.54. The van der Waals surface area contributed by atoms with Gasteiger partial charge in [0.25, 0.3) is 0 Å². The van der Waals surface area contributed by atoms with E-state index in [0.29, 0.717) is 17.9 Å². The van der Waals surface area contributed by atoms with Crippen molar-refractivity contribution in [2.75, 3.05) is 6.61 Å². The van der Waals surface area contributed by atoms with E-state index in [2.05, 4.69) is 36.7 Å². The Labute approximate surface area is 105 Å². The number of halogens is 1. The number of carbonyl (C=O) groups is 1. The lowest BCUT2D eigenvalue weighted by Crippen LogP contribution is -2.11. The maximum atomic E-state index is 10.8. The molecule has 0 unspecified atom stereocenters. The predicted octanol–water partition coefficient (Wildman–Crippen LogP) is 4.08. The van der Waals surface area contributed by atoms with Crippen molar-refractivity contribution in [1.29, 1.82) is 0 Å². The molecule has 0 heterocycles. The van der Waals surface area contributed by atoms with Gasteiger partial charge in [0.2, 0.25) is 0 Å². The van der Waals surface area contributed by atoms with Crippen LogP contribution in [0.25, 0.3) is 0 Å². The molecule has 2 nitrogen and oxygen atoms in total. The van der Waals surface area contributed by atoms with Crippen LogP contribution in [0.3, 0.4) is 0 Å². The molecule has 1 aromatic carbocycles. The summed E-state index contributed by atoms with van der Waals surface area (Å²) in [4.78, 5) is 10.8. The van der Waals surface area contributed by atoms with Crippen LogP contribution >= 0.6 is 15.9 Å². The number of carbonyl (C=O) groups excluding carboxylic acids is 1. The molecule has 3 heteroatoms. The minimum Gasteiger partial charge on any atom is -0.493 e. The molecule has 88 valence electrons. The van der Waals surface area contributed by atoms with Crippen LogP contribution in [0.1, 0.15) is 37.6 Å². The first-order chi connectivity index (χ1) is 7.42. The molecule has 0 N–H and O–H groups in total. The lowest BCUT2D eigenvalue weighted by molar-refractivity contribution is 0.111. The van der Waals surface area contributed by atoms with E-state index in [1.807, 2.05) is 12.1 Å². The number of hydrogen-bond donors (Lipinski definition) is 0. The molecule has 0 aliphatic rings. The molecule has 0 spiro atoms. The highest BCUT2D eigenvalue weighted by atomic mass is 79.9. The van der Waals surface area contributed by atoms with Crippen LogP contribution in [-0.2, 0) is 0 Å². The first-order valence-electron chi connectivity index (χ1n) is 5.30. The summed E-state index contributed by atoms with van der Waals surface area (Å²) in [5.74, 6) is 0.647. The van der Waals surface area contributed by atoms with E-state index in [4.69, 9.17) is 4.74 Å². The van der Waals surface area contributed by atoms with E-state index in [1.165, 1.54) is 0 Å². The highest BCUT2D eigenvalue weighted by Gasteiger charge is 2.11. The molecule has 0 atom stereocenters. The van der Waals surface area contributed by atoms with E-state index < -0.39 is 0 Å². The molecule has 0 aliphatic carbocycles. The fourth-order valence-corrected chi connectivity index (χ4v) is 1.54. The van der Waals surface area contributed by atoms with Gasteiger partial charge in [-0.1, -0.05) is 36.7 Å². The van der Waals surface area contributed by atoms with Gasteiger partial charge in [-0.25, -0.2) is 0 Å². The number of aldehydes is 1. The van der Waals surface area contributed by atoms with E-state index in [1.54, 1.807) is 6.07 Å². The van der Waals surface area contributed by atoms with Gasteiger partial charge in [0.05, 0.1) is 12.2 Å². The summed E-state index contributed by atoms with van der Waals surface area (Å²) in [6, 6.07) is 5.41. The second kappa shape index (κ2) is 5.48. The van der Waals surface area contributed by atoms with Crippen molar-refractivity contribution in [2.24, 2.45) is 5.41 Å². The number of ether oxygens (including phenoxy) is 1. The normalized spacial score (nSPS) is 11.2. The Hall–Kier alpha value is -0.830. The largest absolute Gasteiger partial charge is 0.493 e. The Morgan fingerprint density at radius 3 is 2.62 bits per heavy atom. The van der Waals surface area contributed by atoms with Gasteiger partial charge >= 0.3 is 0 Å². The zero-order valence-electron chi connectivity index (χ0n) is 9.92. The smallest absolute Gasteiger partial charge is 0.153 e. The van der Waals surface area contributed by atoms with Gasteiger partial charge in [-0.15, -0.1) is 0 Å². The molecule has 0 saturated carbocycles. The van der Waals surface area contributed by atoms with E-state index in [9.17, 15) is 4.79 Å². The summed E-state index contributed by atoms with van der Waals surface area (Å²) in [5, 5.41) is 0. The van der Waals surface area contributed by atoms with Crippen LogP contribution in [0.4, 0.5) is 0 Å². The van der Waals surface area contributed by atoms with Gasteiger partial charge in [0.15, 0.2) is 6.29 Å². The first-order valence-corrected chi connectivity index (χ1v) is 6.09. The molecule has 0 fully saturated rings. The molecular formula is C13H17BrO2. The van der Waals surface area contributed by atoms with Crippen LogP contribution < -0.4 is 4.74 Å². The quantitative estimate of drug-likeness (QED) is 0.779. The van der Waals surface area contributed by atoms with Gasteiger partial charge in [-0.05, 0) is 30.0 Å². The SMILES string of the molecule is CC(C)(C)CCOc1cc(Br)ccc1C=O. The molecule has 0 saturated heterocycles. The second-order valence-electron chi connectivity index (χ2n) is 4.96. The van der Waals surface area contributed by atoms with Crippen LogP contribution in [0.5, 0.6) is 5.75 Å². The topological polar surface area (TPSA) is 26.3 Å². The standard InChI is InChI=1S/C13H17BrO2/c1-13(2,3)6-7-16-12-8-11(14)5-4-10(12)9-15/h4-5,8-9H,6-7H2,1-3H3. The number of hydrogen-bond acceptors (Lipinski definition) is 2. The highest BCUT2D eigenvalue weighted by Crippen LogP contribution is 2.24. The van der Waals surface area contributed by atoms with Gasteiger partial charge in [0, 0.05) is 4.47 Å². The molecule has 0 aliphatic heterocycles. The minimum absolute atomic E-state index is 0.243. The summed E-state index contributed by atoms with van der Waals surface area (Å²) in [5.41, 5.74) is 0.838. The number of rotatable bonds is 4. The van der Waals surface area contributed by atoms with Crippen molar-refractivity contribution in [3.05, 3.63) is 28.2 Å². The highest BCUT2D eigenvalue weighted by molar-refractivity contribution is 9.10. The maximum absolute atomic E-state index is 10.8. The fraction of sp³-hybridized carbons (Fsp3) is 0.462. The van der Waals surface area contributed by atoms with Gasteiger partial charge < -0.3 is 4.74 Å². The van der Waals surface area contributed by atoms with Crippen molar-refractivity contribution < 1.29 is 9.53 Å². The molecule has 1 aromatic rings. The monoisotopic (exact) mass is 284 g/mol. The number of benzene rings is 1. The Bertz CT molecular complexity index is 367. The van der Waals surface area contributed by atoms with E-state index in [-0.39, 0.29) is 5.41 Å². The Morgan fingerprint density at radius 1 is 1.38 bits per heavy atom. The maximum Gasteiger partial charge on any atom is 0.153 e. The third-order valence-electron chi connectivity index (χ3n) is 2.21. The molecule has 0 aromatic heterocycles. The lowest BCUT2D eigenvalue weighted by atomic mass is 9.93. The lowest BCUT2D eigenvalue weighted by Gasteiger charge is -2.18. The van der Waals surface area contributed by atoms with Crippen LogP contribution in [0, 0.1) is 5.41 Å². The zero-order valence-corrected chi connectivity index (χ0v) is 11.5.